The van der Waals surface area contributed by atoms with Crippen LogP contribution in [0, 0.1) is 5.82 Å². The number of nitrogens with one attached hydrogen (secondary N) is 1. The van der Waals surface area contributed by atoms with Crippen LogP contribution >= 0.6 is 0 Å². The monoisotopic (exact) mass is 248 g/mol. The summed E-state index contributed by atoms with van der Waals surface area (Å²) >= 11 is 0. The van der Waals surface area contributed by atoms with Gasteiger partial charge in [0.25, 0.3) is 0 Å². The number of hydrogen-bond acceptors (Lipinski definition) is 2. The minimum Gasteiger partial charge on any atom is -0.372 e. The van der Waals surface area contributed by atoms with E-state index in [1.807, 2.05) is 13.0 Å². The summed E-state index contributed by atoms with van der Waals surface area (Å²) in [6.45, 7) is 7.15. The van der Waals surface area contributed by atoms with E-state index in [4.69, 9.17) is 0 Å². The van der Waals surface area contributed by atoms with E-state index in [0.29, 0.717) is 5.92 Å². The van der Waals surface area contributed by atoms with Crippen LogP contribution in [-0.2, 0) is 0 Å². The lowest BCUT2D eigenvalue weighted by atomic mass is 9.91. The van der Waals surface area contributed by atoms with Gasteiger partial charge < -0.3 is 10.2 Å². The van der Waals surface area contributed by atoms with E-state index in [1.54, 1.807) is 12.1 Å². The van der Waals surface area contributed by atoms with Crippen LogP contribution in [0.2, 0.25) is 0 Å². The molecule has 1 aromatic rings. The molecule has 1 saturated heterocycles. The zero-order chi connectivity index (χ0) is 13.0. The Morgan fingerprint density at radius 1 is 1.50 bits per heavy atom. The van der Waals surface area contributed by atoms with Gasteiger partial charge >= 0.3 is 0 Å². The van der Waals surface area contributed by atoms with Gasteiger partial charge in [-0.15, -0.1) is 0 Å². The Kier molecular flexibility index (Phi) is 4.24. The average Bonchev–Trinajstić information content (AvgIpc) is 2.31. The molecule has 0 amide bonds. The summed E-state index contributed by atoms with van der Waals surface area (Å²) in [4.78, 5) is 2.31. The molecule has 1 heterocycles. The highest BCUT2D eigenvalue weighted by atomic mass is 19.1. The van der Waals surface area contributed by atoms with Crippen molar-refractivity contribution in [1.29, 1.82) is 0 Å². The molecule has 1 aliphatic heterocycles. The lowest BCUT2D eigenvalue weighted by molar-refractivity contribution is 0.184. The second kappa shape index (κ2) is 5.89. The highest BCUT2D eigenvalue weighted by Gasteiger charge is 2.29. The lowest BCUT2D eigenvalue weighted by Crippen LogP contribution is -2.47. The number of likely N-dealkylation sites (tertiary alicyclic amines) is 1. The Balaban J connectivity index is 1.90. The van der Waals surface area contributed by atoms with Gasteiger partial charge in [-0.3, -0.25) is 0 Å². The quantitative estimate of drug-likeness (QED) is 0.861. The molecule has 98 valence electrons. The summed E-state index contributed by atoms with van der Waals surface area (Å²) in [6.07, 6.45) is 3.23. The first kappa shape index (κ1) is 12.9. The van der Waals surface area contributed by atoms with Crippen molar-refractivity contribution in [2.75, 3.05) is 19.6 Å². The number of rotatable bonds is 5. The zero-order valence-corrected chi connectivity index (χ0v) is 11.1. The first-order valence-corrected chi connectivity index (χ1v) is 6.65. The van der Waals surface area contributed by atoms with Gasteiger partial charge in [0.1, 0.15) is 5.82 Å². The van der Waals surface area contributed by atoms with Crippen LogP contribution in [0.4, 0.5) is 4.39 Å². The molecule has 0 saturated carbocycles. The van der Waals surface area contributed by atoms with Gasteiger partial charge in [0.05, 0.1) is 5.82 Å². The molecule has 0 spiro atoms. The van der Waals surface area contributed by atoms with Crippen molar-refractivity contribution < 1.29 is 4.39 Å². The average molecular weight is 248 g/mol. The van der Waals surface area contributed by atoms with E-state index in [9.17, 15) is 4.39 Å². The van der Waals surface area contributed by atoms with Crippen molar-refractivity contribution >= 4 is 0 Å². The summed E-state index contributed by atoms with van der Waals surface area (Å²) in [6, 6.07) is 6.95. The van der Waals surface area contributed by atoms with E-state index in [-0.39, 0.29) is 5.82 Å². The van der Waals surface area contributed by atoms with E-state index in [0.717, 1.165) is 31.6 Å². The van der Waals surface area contributed by atoms with Crippen LogP contribution in [0.1, 0.15) is 31.7 Å². The molecule has 0 aromatic heterocycles. The van der Waals surface area contributed by atoms with Crippen LogP contribution < -0.4 is 5.32 Å². The largest absolute Gasteiger partial charge is 0.372 e. The Morgan fingerprint density at radius 2 is 2.28 bits per heavy atom. The fraction of sp³-hybridized carbons (Fsp3) is 0.467. The number of benzene rings is 1. The SMILES string of the molecule is CC=C(NCCC)N1CC(c2cccc(F)c2)C1. The topological polar surface area (TPSA) is 15.3 Å². The van der Waals surface area contributed by atoms with Gasteiger partial charge in [-0.2, -0.15) is 0 Å². The summed E-state index contributed by atoms with van der Waals surface area (Å²) in [7, 11) is 0. The molecule has 0 unspecified atom stereocenters. The van der Waals surface area contributed by atoms with Crippen molar-refractivity contribution in [1.82, 2.24) is 10.2 Å². The van der Waals surface area contributed by atoms with Crippen molar-refractivity contribution in [2.24, 2.45) is 0 Å². The van der Waals surface area contributed by atoms with Crippen LogP contribution in [0.5, 0.6) is 0 Å². The molecule has 0 aliphatic carbocycles. The number of hydrogen-bond donors (Lipinski definition) is 1. The van der Waals surface area contributed by atoms with Crippen LogP contribution in [-0.4, -0.2) is 24.5 Å². The van der Waals surface area contributed by atoms with E-state index < -0.39 is 0 Å². The van der Waals surface area contributed by atoms with Crippen LogP contribution in [0.3, 0.4) is 0 Å². The summed E-state index contributed by atoms with van der Waals surface area (Å²) in [5, 5.41) is 3.42. The molecule has 18 heavy (non-hydrogen) atoms. The molecule has 1 aliphatic rings. The molecule has 2 rings (SSSR count). The lowest BCUT2D eigenvalue weighted by Gasteiger charge is -2.42. The molecular formula is C15H21FN2. The van der Waals surface area contributed by atoms with Gasteiger partial charge in [0.2, 0.25) is 0 Å². The van der Waals surface area contributed by atoms with E-state index >= 15 is 0 Å². The Labute approximate surface area is 108 Å². The predicted octanol–water partition coefficient (Wildman–Crippen LogP) is 3.09. The maximum absolute atomic E-state index is 13.1. The molecule has 1 fully saturated rings. The smallest absolute Gasteiger partial charge is 0.123 e. The molecule has 3 heteroatoms. The Hall–Kier alpha value is -1.51. The van der Waals surface area contributed by atoms with Crippen molar-refractivity contribution in [2.45, 2.75) is 26.2 Å². The summed E-state index contributed by atoms with van der Waals surface area (Å²) < 4.78 is 13.1. The maximum atomic E-state index is 13.1. The normalized spacial score (nSPS) is 16.6. The highest BCUT2D eigenvalue weighted by molar-refractivity contribution is 5.25. The first-order valence-electron chi connectivity index (χ1n) is 6.65. The van der Waals surface area contributed by atoms with E-state index in [2.05, 4.69) is 23.2 Å². The van der Waals surface area contributed by atoms with Crippen molar-refractivity contribution in [3.05, 3.63) is 47.5 Å². The zero-order valence-electron chi connectivity index (χ0n) is 11.1. The minimum absolute atomic E-state index is 0.138. The second-order valence-electron chi connectivity index (χ2n) is 4.76. The highest BCUT2D eigenvalue weighted by Crippen LogP contribution is 2.29. The van der Waals surface area contributed by atoms with E-state index in [1.165, 1.54) is 11.9 Å². The third-order valence-electron chi connectivity index (χ3n) is 3.37. The minimum atomic E-state index is -0.138. The molecule has 2 nitrogen and oxygen atoms in total. The molecule has 1 aromatic carbocycles. The third-order valence-corrected chi connectivity index (χ3v) is 3.37. The number of allylic oxidation sites excluding steroid dienone is 1. The van der Waals surface area contributed by atoms with Crippen LogP contribution in [0.15, 0.2) is 36.2 Å². The molecule has 0 radical (unpaired) electrons. The third kappa shape index (κ3) is 2.84. The van der Waals surface area contributed by atoms with Gasteiger partial charge in [-0.25, -0.2) is 4.39 Å². The van der Waals surface area contributed by atoms with Gasteiger partial charge in [-0.05, 0) is 37.1 Å². The van der Waals surface area contributed by atoms with Gasteiger partial charge in [0, 0.05) is 25.6 Å². The standard InChI is InChI=1S/C15H21FN2/c1-3-8-17-15(4-2)18-10-13(11-18)12-6-5-7-14(16)9-12/h4-7,9,13,17H,3,8,10-11H2,1-2H3. The summed E-state index contributed by atoms with van der Waals surface area (Å²) in [5.74, 6) is 1.52. The molecular weight excluding hydrogens is 227 g/mol. The summed E-state index contributed by atoms with van der Waals surface area (Å²) in [5.41, 5.74) is 1.11. The van der Waals surface area contributed by atoms with Crippen molar-refractivity contribution in [3.63, 3.8) is 0 Å². The van der Waals surface area contributed by atoms with Gasteiger partial charge in [-0.1, -0.05) is 19.1 Å². The fourth-order valence-corrected chi connectivity index (χ4v) is 2.30. The molecule has 0 bridgehead atoms. The molecule has 0 atom stereocenters. The maximum Gasteiger partial charge on any atom is 0.123 e. The Morgan fingerprint density at radius 3 is 2.89 bits per heavy atom. The Bertz CT molecular complexity index is 422. The number of halogens is 1. The molecule has 1 N–H and O–H groups in total. The fourth-order valence-electron chi connectivity index (χ4n) is 2.30. The van der Waals surface area contributed by atoms with Gasteiger partial charge in [0.15, 0.2) is 0 Å². The number of nitrogens with zero attached hydrogens (tertiary/aromatic N) is 1. The predicted molar refractivity (Wildman–Crippen MR) is 72.8 cm³/mol. The second-order valence-corrected chi connectivity index (χ2v) is 4.76. The first-order chi connectivity index (χ1) is 8.74. The van der Waals surface area contributed by atoms with Crippen LogP contribution in [0.25, 0.3) is 0 Å². The van der Waals surface area contributed by atoms with Crippen molar-refractivity contribution in [3.8, 4) is 0 Å².